The molecule has 226 valence electrons. The third-order valence-electron chi connectivity index (χ3n) is 7.34. The van der Waals surface area contributed by atoms with Gasteiger partial charge in [0.1, 0.15) is 11.5 Å². The quantitative estimate of drug-likeness (QED) is 0.187. The number of benzene rings is 6. The van der Waals surface area contributed by atoms with Crippen molar-refractivity contribution in [2.45, 2.75) is 41.5 Å². The molecular weight excluding hydrogens is 548 g/mol. The van der Waals surface area contributed by atoms with Crippen molar-refractivity contribution in [1.29, 1.82) is 0 Å². The van der Waals surface area contributed by atoms with Gasteiger partial charge in [0.15, 0.2) is 5.78 Å². The summed E-state index contributed by atoms with van der Waals surface area (Å²) in [6, 6.07) is 48.7. The van der Waals surface area contributed by atoms with Crippen LogP contribution in [-0.4, -0.2) is 5.78 Å². The van der Waals surface area contributed by atoms with Gasteiger partial charge in [-0.25, -0.2) is 0 Å². The van der Waals surface area contributed by atoms with Gasteiger partial charge in [0.05, 0.1) is 0 Å². The highest BCUT2D eigenvalue weighted by Crippen LogP contribution is 2.22. The van der Waals surface area contributed by atoms with Gasteiger partial charge in [-0.15, -0.1) is 0 Å². The number of aryl methyl sites for hydroxylation is 6. The summed E-state index contributed by atoms with van der Waals surface area (Å²) in [4.78, 5) is 12.1. The molecule has 6 aromatic carbocycles. The molecule has 2 nitrogen and oxygen atoms in total. The summed E-state index contributed by atoms with van der Waals surface area (Å²) in [7, 11) is 0. The van der Waals surface area contributed by atoms with Crippen LogP contribution < -0.4 is 4.74 Å². The van der Waals surface area contributed by atoms with Crippen molar-refractivity contribution in [3.05, 3.63) is 190 Å². The predicted octanol–water partition coefficient (Wildman–Crippen LogP) is 11.6. The number of ketones is 1. The summed E-state index contributed by atoms with van der Waals surface area (Å²) >= 11 is 0. The number of ether oxygens (including phenoxy) is 1. The van der Waals surface area contributed by atoms with E-state index in [0.29, 0.717) is 0 Å². The van der Waals surface area contributed by atoms with Gasteiger partial charge in [-0.1, -0.05) is 155 Å². The molecule has 0 aliphatic rings. The molecule has 0 unspecified atom stereocenters. The van der Waals surface area contributed by atoms with Crippen molar-refractivity contribution in [1.82, 2.24) is 0 Å². The summed E-state index contributed by atoms with van der Waals surface area (Å²) in [6.07, 6.45) is 0. The molecule has 6 aromatic rings. The number of hydrogen-bond donors (Lipinski definition) is 0. The van der Waals surface area contributed by atoms with Crippen LogP contribution in [0.4, 0.5) is 0 Å². The van der Waals surface area contributed by atoms with Gasteiger partial charge in [0.25, 0.3) is 0 Å². The lowest BCUT2D eigenvalue weighted by Crippen LogP contribution is -2.00. The number of carbonyl (C=O) groups is 1. The molecule has 0 fully saturated rings. The Hall–Kier alpha value is -5.21. The van der Waals surface area contributed by atoms with E-state index in [1.54, 1.807) is 0 Å². The zero-order chi connectivity index (χ0) is 32.2. The fraction of sp³-hybridized carbons (Fsp3) is 0.140. The molecular formula is C43H42O2. The van der Waals surface area contributed by atoms with Crippen LogP contribution in [0.3, 0.4) is 0 Å². The Morgan fingerprint density at radius 3 is 0.822 bits per heavy atom. The van der Waals surface area contributed by atoms with Gasteiger partial charge >= 0.3 is 0 Å². The summed E-state index contributed by atoms with van der Waals surface area (Å²) in [6.45, 7) is 12.4. The van der Waals surface area contributed by atoms with Crippen LogP contribution in [0.2, 0.25) is 0 Å². The highest BCUT2D eigenvalue weighted by molar-refractivity contribution is 6.09. The van der Waals surface area contributed by atoms with E-state index in [1.165, 1.54) is 44.5 Å². The first-order chi connectivity index (χ1) is 21.7. The molecule has 0 atom stereocenters. The largest absolute Gasteiger partial charge is 0.457 e. The van der Waals surface area contributed by atoms with Crippen LogP contribution in [0.25, 0.3) is 11.1 Å². The summed E-state index contributed by atoms with van der Waals surface area (Å²) in [5.41, 5.74) is 11.5. The summed E-state index contributed by atoms with van der Waals surface area (Å²) in [5, 5.41) is 0. The van der Waals surface area contributed by atoms with Crippen molar-refractivity contribution in [2.24, 2.45) is 0 Å². The fourth-order valence-electron chi connectivity index (χ4n) is 4.42. The fourth-order valence-corrected chi connectivity index (χ4v) is 4.42. The summed E-state index contributed by atoms with van der Waals surface area (Å²) in [5.74, 6) is 1.84. The maximum atomic E-state index is 12.1. The van der Waals surface area contributed by atoms with E-state index >= 15 is 0 Å². The van der Waals surface area contributed by atoms with Gasteiger partial charge in [0.2, 0.25) is 0 Å². The van der Waals surface area contributed by atoms with Crippen molar-refractivity contribution >= 4 is 5.78 Å². The highest BCUT2D eigenvalue weighted by Gasteiger charge is 2.07. The van der Waals surface area contributed by atoms with Crippen molar-refractivity contribution < 1.29 is 9.53 Å². The van der Waals surface area contributed by atoms with Crippen LogP contribution in [0.1, 0.15) is 49.3 Å². The molecule has 0 bridgehead atoms. The van der Waals surface area contributed by atoms with E-state index in [-0.39, 0.29) is 5.78 Å². The van der Waals surface area contributed by atoms with Crippen LogP contribution in [-0.2, 0) is 0 Å². The van der Waals surface area contributed by atoms with E-state index in [1.807, 2.05) is 111 Å². The first-order valence-electron chi connectivity index (χ1n) is 15.3. The van der Waals surface area contributed by atoms with Gasteiger partial charge < -0.3 is 4.74 Å². The molecule has 2 heteroatoms. The Morgan fingerprint density at radius 1 is 0.333 bits per heavy atom. The first kappa shape index (κ1) is 32.7. The molecule has 0 spiro atoms. The van der Waals surface area contributed by atoms with Crippen molar-refractivity contribution in [3.63, 3.8) is 0 Å². The third kappa shape index (κ3) is 10.5. The second kappa shape index (κ2) is 16.0. The molecule has 0 radical (unpaired) electrons. The predicted molar refractivity (Wildman–Crippen MR) is 190 cm³/mol. The summed E-state index contributed by atoms with van der Waals surface area (Å²) < 4.78 is 5.69. The van der Waals surface area contributed by atoms with Gasteiger partial charge in [-0.2, -0.15) is 0 Å². The lowest BCUT2D eigenvalue weighted by Gasteiger charge is -2.05. The topological polar surface area (TPSA) is 26.3 Å². The number of hydrogen-bond acceptors (Lipinski definition) is 2. The number of rotatable bonds is 5. The monoisotopic (exact) mass is 590 g/mol. The average Bonchev–Trinajstić information content (AvgIpc) is 3.05. The minimum absolute atomic E-state index is 0.0833. The molecule has 45 heavy (non-hydrogen) atoms. The maximum absolute atomic E-state index is 12.1. The maximum Gasteiger partial charge on any atom is 0.193 e. The van der Waals surface area contributed by atoms with Gasteiger partial charge in [-0.05, 0) is 76.9 Å². The van der Waals surface area contributed by atoms with Crippen LogP contribution in [0, 0.1) is 41.5 Å². The Balaban J connectivity index is 0.000000154. The lowest BCUT2D eigenvalue weighted by atomic mass is 10.0. The SMILES string of the molecule is Cc1ccc(-c2ccc(C)cc2)cc1.Cc1ccc(C(=O)c2ccc(C)cc2)cc1.Cc1ccc(Oc2ccc(C)cc2)cc1. The Bertz CT molecular complexity index is 1630. The minimum Gasteiger partial charge on any atom is -0.457 e. The molecule has 0 N–H and O–H groups in total. The van der Waals surface area contributed by atoms with Crippen LogP contribution in [0.5, 0.6) is 11.5 Å². The minimum atomic E-state index is 0.0833. The highest BCUT2D eigenvalue weighted by atomic mass is 16.5. The molecule has 0 saturated heterocycles. The zero-order valence-corrected chi connectivity index (χ0v) is 27.2. The van der Waals surface area contributed by atoms with Crippen LogP contribution in [0.15, 0.2) is 146 Å². The smallest absolute Gasteiger partial charge is 0.193 e. The molecule has 0 heterocycles. The Kier molecular flexibility index (Phi) is 11.6. The Morgan fingerprint density at radius 2 is 0.556 bits per heavy atom. The average molecular weight is 591 g/mol. The van der Waals surface area contributed by atoms with Gasteiger partial charge in [0, 0.05) is 11.1 Å². The molecule has 0 amide bonds. The molecule has 0 aliphatic carbocycles. The second-order valence-electron chi connectivity index (χ2n) is 11.5. The normalized spacial score (nSPS) is 10.1. The van der Waals surface area contributed by atoms with E-state index in [9.17, 15) is 4.79 Å². The van der Waals surface area contributed by atoms with E-state index in [2.05, 4.69) is 76.2 Å². The van der Waals surface area contributed by atoms with E-state index in [0.717, 1.165) is 22.6 Å². The lowest BCUT2D eigenvalue weighted by molar-refractivity contribution is 0.103. The van der Waals surface area contributed by atoms with Crippen LogP contribution >= 0.6 is 0 Å². The molecule has 6 rings (SSSR count). The van der Waals surface area contributed by atoms with Crippen molar-refractivity contribution in [2.75, 3.05) is 0 Å². The molecule has 0 aromatic heterocycles. The number of carbonyl (C=O) groups excluding carboxylic acids is 1. The third-order valence-corrected chi connectivity index (χ3v) is 7.34. The van der Waals surface area contributed by atoms with E-state index in [4.69, 9.17) is 4.74 Å². The van der Waals surface area contributed by atoms with E-state index < -0.39 is 0 Å². The first-order valence-corrected chi connectivity index (χ1v) is 15.3. The van der Waals surface area contributed by atoms with Gasteiger partial charge in [-0.3, -0.25) is 4.79 Å². The Labute approximate surface area is 269 Å². The molecule has 0 saturated carbocycles. The standard InChI is InChI=1S/C15H14O.C14H14O.C14H14/c1-11-3-7-13(8-4-11)15(16)14-9-5-12(2)6-10-14;1-11-3-7-13(8-4-11)15-14-9-5-12(2)6-10-14;1-11-3-7-13(8-4-11)14-9-5-12(2)6-10-14/h3-10H,1-2H3;3-10H,1-2H3;3-10H,1-2H3. The second-order valence-corrected chi connectivity index (χ2v) is 11.5. The molecule has 0 aliphatic heterocycles. The van der Waals surface area contributed by atoms with Crippen molar-refractivity contribution in [3.8, 4) is 22.6 Å². The zero-order valence-electron chi connectivity index (χ0n) is 27.2.